The molecule has 7 heteroatoms. The molecule has 4 aromatic rings. The molecule has 0 amide bonds. The third kappa shape index (κ3) is 2.39. The zero-order chi connectivity index (χ0) is 16.9. The highest BCUT2D eigenvalue weighted by Crippen LogP contribution is 2.34. The first-order chi connectivity index (χ1) is 11.4. The number of benzene rings is 2. The molecular weight excluding hydrogens is 339 g/mol. The second kappa shape index (κ2) is 5.21. The molecule has 2 heterocycles. The van der Waals surface area contributed by atoms with E-state index in [-0.39, 0.29) is 16.4 Å². The van der Waals surface area contributed by atoms with Crippen LogP contribution in [0.2, 0.25) is 5.02 Å². The smallest absolute Gasteiger partial charge is 0.227 e. The minimum absolute atomic E-state index is 0.0188. The Labute approximate surface area is 139 Å². The highest BCUT2D eigenvalue weighted by atomic mass is 35.5. The van der Waals surface area contributed by atoms with Gasteiger partial charge in [0.2, 0.25) is 0 Å². The molecule has 0 aliphatic carbocycles. The van der Waals surface area contributed by atoms with E-state index in [0.717, 1.165) is 23.0 Å². The maximum Gasteiger partial charge on any atom is 0.433 e. The summed E-state index contributed by atoms with van der Waals surface area (Å²) < 4.78 is 40.7. The summed E-state index contributed by atoms with van der Waals surface area (Å²) in [6.07, 6.45) is -3.41. The molecular formula is C17H9ClF3N3. The minimum atomic E-state index is -4.57. The highest BCUT2D eigenvalue weighted by Gasteiger charge is 2.35. The van der Waals surface area contributed by atoms with Crippen molar-refractivity contribution >= 4 is 28.0 Å². The van der Waals surface area contributed by atoms with Crippen LogP contribution in [0.25, 0.3) is 27.7 Å². The molecule has 2 aromatic carbocycles. The van der Waals surface area contributed by atoms with E-state index in [1.54, 1.807) is 12.1 Å². The Morgan fingerprint density at radius 2 is 1.71 bits per heavy atom. The summed E-state index contributed by atoms with van der Waals surface area (Å²) in [6.45, 7) is 0. The number of hydrogen-bond acceptors (Lipinski definition) is 2. The summed E-state index contributed by atoms with van der Waals surface area (Å²) in [4.78, 5) is 4.25. The van der Waals surface area contributed by atoms with Crippen molar-refractivity contribution in [2.24, 2.45) is 0 Å². The predicted molar refractivity (Wildman–Crippen MR) is 85.9 cm³/mol. The average molecular weight is 348 g/mol. The van der Waals surface area contributed by atoms with E-state index >= 15 is 0 Å². The van der Waals surface area contributed by atoms with Gasteiger partial charge >= 0.3 is 6.18 Å². The van der Waals surface area contributed by atoms with Crippen molar-refractivity contribution in [3.05, 3.63) is 65.4 Å². The summed E-state index contributed by atoms with van der Waals surface area (Å²) in [5, 5.41) is 5.67. The summed E-state index contributed by atoms with van der Waals surface area (Å²) in [6, 6.07) is 14.0. The van der Waals surface area contributed by atoms with Crippen LogP contribution in [0.15, 0.2) is 54.7 Å². The topological polar surface area (TPSA) is 30.2 Å². The Morgan fingerprint density at radius 1 is 0.958 bits per heavy atom. The number of hydrogen-bond donors (Lipinski definition) is 0. The van der Waals surface area contributed by atoms with Crippen LogP contribution in [0.5, 0.6) is 0 Å². The Balaban J connectivity index is 1.99. The number of fused-ring (bicyclic) bond motifs is 2. The summed E-state index contributed by atoms with van der Waals surface area (Å²) in [7, 11) is 0. The number of halogens is 4. The fraction of sp³-hybridized carbons (Fsp3) is 0.0588. The normalized spacial score (nSPS) is 12.2. The van der Waals surface area contributed by atoms with Gasteiger partial charge in [0.25, 0.3) is 0 Å². The van der Waals surface area contributed by atoms with Gasteiger partial charge in [-0.15, -0.1) is 0 Å². The van der Waals surface area contributed by atoms with Gasteiger partial charge < -0.3 is 0 Å². The van der Waals surface area contributed by atoms with Crippen LogP contribution in [-0.2, 0) is 6.18 Å². The van der Waals surface area contributed by atoms with Crippen molar-refractivity contribution in [1.82, 2.24) is 14.6 Å². The van der Waals surface area contributed by atoms with Crippen molar-refractivity contribution < 1.29 is 13.2 Å². The first kappa shape index (κ1) is 15.0. The van der Waals surface area contributed by atoms with Gasteiger partial charge in [-0.05, 0) is 22.9 Å². The zero-order valence-electron chi connectivity index (χ0n) is 12.0. The Bertz CT molecular complexity index is 1070. The fourth-order valence-corrected chi connectivity index (χ4v) is 2.80. The molecule has 0 spiro atoms. The standard InChI is InChI=1S/C17H9ClF3N3/c18-13-9-22-24-15(17(19,20)21)8-14(23-16(13)24)12-6-5-10-3-1-2-4-11(10)7-12/h1-9H. The third-order valence-corrected chi connectivity index (χ3v) is 4.03. The molecule has 0 radical (unpaired) electrons. The average Bonchev–Trinajstić information content (AvgIpc) is 2.94. The van der Waals surface area contributed by atoms with Crippen LogP contribution in [0, 0.1) is 0 Å². The maximum absolute atomic E-state index is 13.3. The van der Waals surface area contributed by atoms with Gasteiger partial charge in [-0.3, -0.25) is 0 Å². The van der Waals surface area contributed by atoms with Gasteiger partial charge in [-0.25, -0.2) is 9.50 Å². The Kier molecular flexibility index (Phi) is 3.25. The van der Waals surface area contributed by atoms with Crippen molar-refractivity contribution in [1.29, 1.82) is 0 Å². The van der Waals surface area contributed by atoms with E-state index in [2.05, 4.69) is 10.1 Å². The lowest BCUT2D eigenvalue weighted by molar-refractivity contribution is -0.142. The molecule has 0 aliphatic heterocycles. The van der Waals surface area contributed by atoms with Crippen molar-refractivity contribution in [2.75, 3.05) is 0 Å². The molecule has 24 heavy (non-hydrogen) atoms. The third-order valence-electron chi connectivity index (χ3n) is 3.76. The molecule has 0 N–H and O–H groups in total. The van der Waals surface area contributed by atoms with Crippen LogP contribution < -0.4 is 0 Å². The Morgan fingerprint density at radius 3 is 2.46 bits per heavy atom. The van der Waals surface area contributed by atoms with E-state index in [4.69, 9.17) is 11.6 Å². The van der Waals surface area contributed by atoms with E-state index < -0.39 is 11.9 Å². The summed E-state index contributed by atoms with van der Waals surface area (Å²) >= 11 is 5.94. The van der Waals surface area contributed by atoms with Crippen molar-refractivity contribution in [2.45, 2.75) is 6.18 Å². The van der Waals surface area contributed by atoms with E-state index in [0.29, 0.717) is 10.1 Å². The van der Waals surface area contributed by atoms with Crippen LogP contribution in [0.3, 0.4) is 0 Å². The quantitative estimate of drug-likeness (QED) is 0.472. The number of aromatic nitrogens is 3. The Hall–Kier alpha value is -2.60. The van der Waals surface area contributed by atoms with E-state index in [1.807, 2.05) is 30.3 Å². The molecule has 0 bridgehead atoms. The second-order valence-corrected chi connectivity index (χ2v) is 5.72. The van der Waals surface area contributed by atoms with Gasteiger partial charge in [0.05, 0.1) is 11.9 Å². The molecule has 0 aliphatic rings. The largest absolute Gasteiger partial charge is 0.433 e. The first-order valence-electron chi connectivity index (χ1n) is 7.04. The molecule has 120 valence electrons. The predicted octanol–water partition coefficient (Wildman–Crippen LogP) is 5.22. The number of alkyl halides is 3. The highest BCUT2D eigenvalue weighted by molar-refractivity contribution is 6.33. The molecule has 0 unspecified atom stereocenters. The van der Waals surface area contributed by atoms with E-state index in [9.17, 15) is 13.2 Å². The molecule has 0 fully saturated rings. The number of rotatable bonds is 1. The van der Waals surface area contributed by atoms with Gasteiger partial charge in [-0.1, -0.05) is 48.0 Å². The first-order valence-corrected chi connectivity index (χ1v) is 7.42. The van der Waals surface area contributed by atoms with Crippen LogP contribution in [0.4, 0.5) is 13.2 Å². The van der Waals surface area contributed by atoms with Crippen LogP contribution in [0.1, 0.15) is 5.69 Å². The molecule has 0 saturated carbocycles. The lowest BCUT2D eigenvalue weighted by atomic mass is 10.0. The molecule has 0 atom stereocenters. The van der Waals surface area contributed by atoms with Crippen molar-refractivity contribution in [3.8, 4) is 11.3 Å². The monoisotopic (exact) mass is 347 g/mol. The molecule has 4 rings (SSSR count). The van der Waals surface area contributed by atoms with E-state index in [1.165, 1.54) is 0 Å². The summed E-state index contributed by atoms with van der Waals surface area (Å²) in [5.41, 5.74) is -0.154. The minimum Gasteiger partial charge on any atom is -0.227 e. The van der Waals surface area contributed by atoms with Crippen LogP contribution >= 0.6 is 11.6 Å². The maximum atomic E-state index is 13.3. The SMILES string of the molecule is FC(F)(F)c1cc(-c2ccc3ccccc3c2)nc2c(Cl)cnn12. The lowest BCUT2D eigenvalue weighted by Gasteiger charge is -2.11. The van der Waals surface area contributed by atoms with Gasteiger partial charge in [-0.2, -0.15) is 18.3 Å². The second-order valence-electron chi connectivity index (χ2n) is 5.31. The van der Waals surface area contributed by atoms with Crippen molar-refractivity contribution in [3.63, 3.8) is 0 Å². The molecule has 3 nitrogen and oxygen atoms in total. The lowest BCUT2D eigenvalue weighted by Crippen LogP contribution is -2.13. The summed E-state index contributed by atoms with van der Waals surface area (Å²) in [5.74, 6) is 0. The molecule has 2 aromatic heterocycles. The zero-order valence-corrected chi connectivity index (χ0v) is 12.8. The van der Waals surface area contributed by atoms with Gasteiger partial charge in [0.15, 0.2) is 11.3 Å². The van der Waals surface area contributed by atoms with Gasteiger partial charge in [0.1, 0.15) is 5.02 Å². The van der Waals surface area contributed by atoms with Crippen LogP contribution in [-0.4, -0.2) is 14.6 Å². The number of nitrogens with zero attached hydrogens (tertiary/aromatic N) is 3. The fourth-order valence-electron chi connectivity index (χ4n) is 2.63. The van der Waals surface area contributed by atoms with Gasteiger partial charge in [0, 0.05) is 5.56 Å². The molecule has 0 saturated heterocycles.